The number of benzene rings is 2. The first-order valence-corrected chi connectivity index (χ1v) is 9.89. The molecule has 4 nitrogen and oxygen atoms in total. The third-order valence-corrected chi connectivity index (χ3v) is 5.11. The van der Waals surface area contributed by atoms with Gasteiger partial charge in [-0.3, -0.25) is 0 Å². The molecule has 3 aromatic rings. The first kappa shape index (κ1) is 19.3. The maximum absolute atomic E-state index is 12.3. The molecule has 0 amide bonds. The molecule has 0 unspecified atom stereocenters. The molecule has 5 heteroatoms. The minimum atomic E-state index is -0.355. The van der Waals surface area contributed by atoms with E-state index in [9.17, 15) is 4.79 Å². The van der Waals surface area contributed by atoms with Crippen LogP contribution >= 0.6 is 11.3 Å². The average molecular weight is 381 g/mol. The van der Waals surface area contributed by atoms with E-state index in [-0.39, 0.29) is 5.97 Å². The molecule has 0 bridgehead atoms. The topological polar surface area (TPSA) is 48.4 Å². The molecule has 1 heterocycles. The summed E-state index contributed by atoms with van der Waals surface area (Å²) < 4.78 is 10.9. The normalized spacial score (nSPS) is 10.7. The van der Waals surface area contributed by atoms with E-state index in [1.54, 1.807) is 18.3 Å². The molecule has 3 rings (SSSR count). The standard InChI is InChI=1S/C22H23NO3S/c1-2-26-22(24)21-19(13-14-25-16-18-11-7-4-8-12-18)27-20(23-21)15-17-9-5-3-6-10-17/h3-12H,2,13-16H2,1H3. The highest BCUT2D eigenvalue weighted by Gasteiger charge is 2.19. The van der Waals surface area contributed by atoms with Gasteiger partial charge in [-0.2, -0.15) is 0 Å². The summed E-state index contributed by atoms with van der Waals surface area (Å²) in [5.41, 5.74) is 2.74. The largest absolute Gasteiger partial charge is 0.461 e. The first-order valence-electron chi connectivity index (χ1n) is 9.07. The lowest BCUT2D eigenvalue weighted by atomic mass is 10.2. The fourth-order valence-corrected chi connectivity index (χ4v) is 3.78. The molecule has 0 aliphatic heterocycles. The fourth-order valence-electron chi connectivity index (χ4n) is 2.70. The zero-order chi connectivity index (χ0) is 18.9. The molecule has 0 radical (unpaired) electrons. The molecule has 0 spiro atoms. The highest BCUT2D eigenvalue weighted by Crippen LogP contribution is 2.23. The van der Waals surface area contributed by atoms with Gasteiger partial charge in [0, 0.05) is 17.7 Å². The van der Waals surface area contributed by atoms with Gasteiger partial charge in [0.15, 0.2) is 5.69 Å². The molecule has 0 saturated heterocycles. The number of hydrogen-bond acceptors (Lipinski definition) is 5. The van der Waals surface area contributed by atoms with Gasteiger partial charge in [0.25, 0.3) is 0 Å². The summed E-state index contributed by atoms with van der Waals surface area (Å²) in [5, 5.41) is 0.919. The summed E-state index contributed by atoms with van der Waals surface area (Å²) in [4.78, 5) is 17.7. The average Bonchev–Trinajstić information content (AvgIpc) is 3.10. The van der Waals surface area contributed by atoms with Gasteiger partial charge in [-0.15, -0.1) is 11.3 Å². The Bertz CT molecular complexity index is 847. The molecule has 0 atom stereocenters. The number of nitrogens with zero attached hydrogens (tertiary/aromatic N) is 1. The quantitative estimate of drug-likeness (QED) is 0.399. The van der Waals surface area contributed by atoms with Crippen LogP contribution in [0.25, 0.3) is 0 Å². The highest BCUT2D eigenvalue weighted by atomic mass is 32.1. The summed E-state index contributed by atoms with van der Waals surface area (Å²) >= 11 is 1.56. The number of carbonyl (C=O) groups is 1. The Kier molecular flexibility index (Phi) is 7.13. The van der Waals surface area contributed by atoms with Crippen molar-refractivity contribution < 1.29 is 14.3 Å². The van der Waals surface area contributed by atoms with Crippen molar-refractivity contribution in [3.05, 3.63) is 87.4 Å². The van der Waals surface area contributed by atoms with Crippen molar-refractivity contribution in [2.75, 3.05) is 13.2 Å². The number of hydrogen-bond donors (Lipinski definition) is 0. The second kappa shape index (κ2) is 10.00. The third-order valence-electron chi connectivity index (χ3n) is 3.99. The zero-order valence-corrected chi connectivity index (χ0v) is 16.2. The Morgan fingerprint density at radius 2 is 1.67 bits per heavy atom. The third kappa shape index (κ3) is 5.74. The molecule has 0 saturated carbocycles. The lowest BCUT2D eigenvalue weighted by Gasteiger charge is -2.04. The molecule has 1 aromatic heterocycles. The van der Waals surface area contributed by atoms with E-state index < -0.39 is 0 Å². The summed E-state index contributed by atoms with van der Waals surface area (Å²) in [7, 11) is 0. The van der Waals surface area contributed by atoms with Gasteiger partial charge in [-0.05, 0) is 18.1 Å². The first-order chi connectivity index (χ1) is 13.3. The van der Waals surface area contributed by atoms with Crippen molar-refractivity contribution in [1.82, 2.24) is 4.98 Å². The second-order valence-electron chi connectivity index (χ2n) is 6.05. The van der Waals surface area contributed by atoms with Gasteiger partial charge < -0.3 is 9.47 Å². The summed E-state index contributed by atoms with van der Waals surface area (Å²) in [6.07, 6.45) is 1.36. The number of ether oxygens (including phenoxy) is 2. The second-order valence-corrected chi connectivity index (χ2v) is 7.22. The fraction of sp³-hybridized carbons (Fsp3) is 0.273. The lowest BCUT2D eigenvalue weighted by molar-refractivity contribution is 0.0518. The number of carbonyl (C=O) groups excluding carboxylic acids is 1. The number of esters is 1. The maximum Gasteiger partial charge on any atom is 0.358 e. The Balaban J connectivity index is 1.65. The molecule has 2 aromatic carbocycles. The monoisotopic (exact) mass is 381 g/mol. The van der Waals surface area contributed by atoms with Crippen LogP contribution in [0.2, 0.25) is 0 Å². The molecule has 27 heavy (non-hydrogen) atoms. The molecule has 0 N–H and O–H groups in total. The van der Waals surface area contributed by atoms with Crippen LogP contribution in [0.3, 0.4) is 0 Å². The lowest BCUT2D eigenvalue weighted by Crippen LogP contribution is -2.09. The Morgan fingerprint density at radius 3 is 2.33 bits per heavy atom. The van der Waals surface area contributed by atoms with Crippen molar-refractivity contribution in [2.45, 2.75) is 26.4 Å². The van der Waals surface area contributed by atoms with E-state index in [0.29, 0.717) is 38.4 Å². The van der Waals surface area contributed by atoms with Crippen LogP contribution in [-0.2, 0) is 28.9 Å². The van der Waals surface area contributed by atoms with Gasteiger partial charge >= 0.3 is 5.97 Å². The van der Waals surface area contributed by atoms with Crippen molar-refractivity contribution in [3.63, 3.8) is 0 Å². The predicted octanol–water partition coefficient (Wildman–Crippen LogP) is 4.67. The van der Waals surface area contributed by atoms with Gasteiger partial charge in [0.2, 0.25) is 0 Å². The zero-order valence-electron chi connectivity index (χ0n) is 15.4. The van der Waals surface area contributed by atoms with Gasteiger partial charge in [-0.1, -0.05) is 60.7 Å². The molecule has 0 fully saturated rings. The van der Waals surface area contributed by atoms with E-state index in [4.69, 9.17) is 9.47 Å². The van der Waals surface area contributed by atoms with Crippen LogP contribution in [0.5, 0.6) is 0 Å². The van der Waals surface area contributed by atoms with E-state index in [2.05, 4.69) is 17.1 Å². The minimum absolute atomic E-state index is 0.342. The van der Waals surface area contributed by atoms with Crippen molar-refractivity contribution in [1.29, 1.82) is 0 Å². The molecular formula is C22H23NO3S. The van der Waals surface area contributed by atoms with E-state index in [1.165, 1.54) is 5.56 Å². The highest BCUT2D eigenvalue weighted by molar-refractivity contribution is 7.12. The van der Waals surface area contributed by atoms with Gasteiger partial charge in [-0.25, -0.2) is 9.78 Å². The molecule has 0 aliphatic rings. The van der Waals surface area contributed by atoms with Crippen LogP contribution in [-0.4, -0.2) is 24.2 Å². The maximum atomic E-state index is 12.3. The smallest absolute Gasteiger partial charge is 0.358 e. The summed E-state index contributed by atoms with van der Waals surface area (Å²) in [6, 6.07) is 20.2. The Morgan fingerprint density at radius 1 is 1.00 bits per heavy atom. The van der Waals surface area contributed by atoms with Crippen molar-refractivity contribution in [3.8, 4) is 0 Å². The molecule has 140 valence electrons. The summed E-state index contributed by atoms with van der Waals surface area (Å²) in [6.45, 7) is 3.24. The van der Waals surface area contributed by atoms with Gasteiger partial charge in [0.05, 0.1) is 24.8 Å². The van der Waals surface area contributed by atoms with Crippen LogP contribution in [0.15, 0.2) is 60.7 Å². The molecular weight excluding hydrogens is 358 g/mol. The number of thiazole rings is 1. The Labute approximate surface area is 163 Å². The van der Waals surface area contributed by atoms with Crippen LogP contribution in [0.1, 0.15) is 38.4 Å². The van der Waals surface area contributed by atoms with Crippen LogP contribution in [0, 0.1) is 0 Å². The summed E-state index contributed by atoms with van der Waals surface area (Å²) in [5.74, 6) is -0.355. The number of rotatable bonds is 9. The van der Waals surface area contributed by atoms with Crippen molar-refractivity contribution in [2.24, 2.45) is 0 Å². The predicted molar refractivity (Wildman–Crippen MR) is 107 cm³/mol. The minimum Gasteiger partial charge on any atom is -0.461 e. The molecule has 0 aliphatic carbocycles. The van der Waals surface area contributed by atoms with Gasteiger partial charge in [0.1, 0.15) is 0 Å². The van der Waals surface area contributed by atoms with E-state index >= 15 is 0 Å². The number of aromatic nitrogens is 1. The van der Waals surface area contributed by atoms with Crippen LogP contribution in [0.4, 0.5) is 0 Å². The SMILES string of the molecule is CCOC(=O)c1nc(Cc2ccccc2)sc1CCOCc1ccccc1. The van der Waals surface area contributed by atoms with E-state index in [0.717, 1.165) is 15.4 Å². The Hall–Kier alpha value is -2.50. The van der Waals surface area contributed by atoms with Crippen molar-refractivity contribution >= 4 is 17.3 Å². The van der Waals surface area contributed by atoms with E-state index in [1.807, 2.05) is 48.5 Å². The van der Waals surface area contributed by atoms with Crippen LogP contribution < -0.4 is 0 Å².